The third-order valence-corrected chi connectivity index (χ3v) is 6.82. The van der Waals surface area contributed by atoms with Gasteiger partial charge in [0, 0.05) is 12.6 Å². The van der Waals surface area contributed by atoms with Gasteiger partial charge in [0.1, 0.15) is 11.5 Å². The van der Waals surface area contributed by atoms with Gasteiger partial charge in [-0.25, -0.2) is 8.42 Å². The molecule has 0 aliphatic carbocycles. The molecule has 3 rings (SSSR count). The van der Waals surface area contributed by atoms with Crippen LogP contribution >= 0.6 is 0 Å². The molecule has 2 aromatic rings. The molecule has 1 saturated heterocycles. The second-order valence-corrected chi connectivity index (χ2v) is 9.90. The monoisotopic (exact) mass is 431 g/mol. The summed E-state index contributed by atoms with van der Waals surface area (Å²) in [6.45, 7) is 4.87. The molecule has 1 unspecified atom stereocenters. The number of rotatable bonds is 9. The first kappa shape index (κ1) is 22.2. The fraction of sp³-hybridized carbons (Fsp3) is 0.435. The van der Waals surface area contributed by atoms with Crippen molar-refractivity contribution < 1.29 is 22.7 Å². The van der Waals surface area contributed by atoms with Crippen molar-refractivity contribution in [2.45, 2.75) is 39.3 Å². The third kappa shape index (κ3) is 6.23. The van der Waals surface area contributed by atoms with Gasteiger partial charge >= 0.3 is 0 Å². The number of amides is 1. The van der Waals surface area contributed by atoms with Gasteiger partial charge < -0.3 is 14.4 Å². The molecule has 1 atom stereocenters. The highest BCUT2D eigenvalue weighted by molar-refractivity contribution is 7.91. The summed E-state index contributed by atoms with van der Waals surface area (Å²) in [5.74, 6) is 1.31. The minimum absolute atomic E-state index is 0.000873. The van der Waals surface area contributed by atoms with Crippen LogP contribution < -0.4 is 9.47 Å². The molecule has 0 radical (unpaired) electrons. The van der Waals surface area contributed by atoms with Gasteiger partial charge in [-0.05, 0) is 55.2 Å². The number of sulfone groups is 1. The molecule has 0 aromatic heterocycles. The lowest BCUT2D eigenvalue weighted by Crippen LogP contribution is -2.43. The highest BCUT2D eigenvalue weighted by Crippen LogP contribution is 2.22. The Hall–Kier alpha value is -2.54. The lowest BCUT2D eigenvalue weighted by molar-refractivity contribution is -0.136. The normalized spacial score (nSPS) is 17.5. The molecule has 1 aliphatic heterocycles. The fourth-order valence-corrected chi connectivity index (χ4v) is 5.21. The minimum Gasteiger partial charge on any atom is -0.494 e. The number of carbonyl (C=O) groups is 1. The SMILES string of the molecule is CCCOc1ccc(CN(C(=O)COc2cccc(C)c2)C2CCS(=O)(=O)C2)cc1. The van der Waals surface area contributed by atoms with Crippen molar-refractivity contribution in [2.75, 3.05) is 24.7 Å². The summed E-state index contributed by atoms with van der Waals surface area (Å²) < 4.78 is 35.3. The van der Waals surface area contributed by atoms with E-state index in [1.807, 2.05) is 56.3 Å². The van der Waals surface area contributed by atoms with Crippen LogP contribution in [0.1, 0.15) is 30.9 Å². The molecule has 2 aromatic carbocycles. The van der Waals surface area contributed by atoms with E-state index in [-0.39, 0.29) is 30.1 Å². The van der Waals surface area contributed by atoms with Crippen LogP contribution in [0.25, 0.3) is 0 Å². The van der Waals surface area contributed by atoms with Crippen LogP contribution in [0.15, 0.2) is 48.5 Å². The number of ether oxygens (including phenoxy) is 2. The molecule has 0 N–H and O–H groups in total. The topological polar surface area (TPSA) is 72.9 Å². The third-order valence-electron chi connectivity index (χ3n) is 5.07. The fourth-order valence-electron chi connectivity index (χ4n) is 3.48. The van der Waals surface area contributed by atoms with Gasteiger partial charge in [-0.3, -0.25) is 4.79 Å². The summed E-state index contributed by atoms with van der Waals surface area (Å²) >= 11 is 0. The Morgan fingerprint density at radius 3 is 2.50 bits per heavy atom. The molecule has 0 saturated carbocycles. The first-order valence-corrected chi connectivity index (χ1v) is 12.1. The summed E-state index contributed by atoms with van der Waals surface area (Å²) in [5, 5.41) is 0. The standard InChI is InChI=1S/C23H29NO5S/c1-3-12-28-21-9-7-19(8-10-21)15-24(20-11-13-30(26,27)17-20)23(25)16-29-22-6-4-5-18(2)14-22/h4-10,14,20H,3,11-13,15-17H2,1-2H3. The Kier molecular flexibility index (Phi) is 7.37. The van der Waals surface area contributed by atoms with E-state index in [9.17, 15) is 13.2 Å². The van der Waals surface area contributed by atoms with Crippen LogP contribution in [0.2, 0.25) is 0 Å². The molecule has 1 fully saturated rings. The van der Waals surface area contributed by atoms with E-state index in [1.54, 1.807) is 11.0 Å². The predicted molar refractivity (Wildman–Crippen MR) is 117 cm³/mol. The quantitative estimate of drug-likeness (QED) is 0.609. The Morgan fingerprint density at radius 1 is 1.10 bits per heavy atom. The molecular weight excluding hydrogens is 402 g/mol. The number of carbonyl (C=O) groups excluding carboxylic acids is 1. The first-order valence-electron chi connectivity index (χ1n) is 10.3. The number of nitrogens with zero attached hydrogens (tertiary/aromatic N) is 1. The van der Waals surface area contributed by atoms with E-state index in [1.165, 1.54) is 0 Å². The molecule has 162 valence electrons. The molecule has 0 bridgehead atoms. The van der Waals surface area contributed by atoms with Crippen LogP contribution in [0.4, 0.5) is 0 Å². The zero-order chi connectivity index (χ0) is 21.6. The van der Waals surface area contributed by atoms with Crippen LogP contribution in [-0.4, -0.2) is 50.0 Å². The van der Waals surface area contributed by atoms with Crippen LogP contribution in [0, 0.1) is 6.92 Å². The van der Waals surface area contributed by atoms with Gasteiger partial charge in [0.15, 0.2) is 16.4 Å². The van der Waals surface area contributed by atoms with Gasteiger partial charge in [-0.1, -0.05) is 31.2 Å². The van der Waals surface area contributed by atoms with Crippen molar-refractivity contribution in [1.82, 2.24) is 4.90 Å². The smallest absolute Gasteiger partial charge is 0.261 e. The lowest BCUT2D eigenvalue weighted by atomic mass is 10.1. The molecule has 1 aliphatic rings. The molecule has 6 nitrogen and oxygen atoms in total. The summed E-state index contributed by atoms with van der Waals surface area (Å²) in [6, 6.07) is 14.7. The second kappa shape index (κ2) is 9.98. The molecule has 30 heavy (non-hydrogen) atoms. The van der Waals surface area contributed by atoms with Gasteiger partial charge in [0.2, 0.25) is 0 Å². The average molecular weight is 432 g/mol. The van der Waals surface area contributed by atoms with Crippen molar-refractivity contribution in [3.05, 3.63) is 59.7 Å². The molecule has 0 spiro atoms. The predicted octanol–water partition coefficient (Wildman–Crippen LogP) is 3.38. The van der Waals surface area contributed by atoms with Crippen molar-refractivity contribution in [3.63, 3.8) is 0 Å². The zero-order valence-electron chi connectivity index (χ0n) is 17.5. The van der Waals surface area contributed by atoms with Crippen molar-refractivity contribution in [2.24, 2.45) is 0 Å². The molecule has 1 heterocycles. The van der Waals surface area contributed by atoms with Gasteiger partial charge in [-0.2, -0.15) is 0 Å². The Labute approximate surface area is 178 Å². The van der Waals surface area contributed by atoms with Crippen LogP contribution in [0.3, 0.4) is 0 Å². The Bertz CT molecular complexity index is 956. The highest BCUT2D eigenvalue weighted by Gasteiger charge is 2.34. The van der Waals surface area contributed by atoms with Crippen LogP contribution in [0.5, 0.6) is 11.5 Å². The zero-order valence-corrected chi connectivity index (χ0v) is 18.4. The second-order valence-electron chi connectivity index (χ2n) is 7.68. The number of benzene rings is 2. The number of hydrogen-bond donors (Lipinski definition) is 0. The summed E-state index contributed by atoms with van der Waals surface area (Å²) in [6.07, 6.45) is 1.39. The maximum Gasteiger partial charge on any atom is 0.261 e. The Balaban J connectivity index is 1.70. The Morgan fingerprint density at radius 2 is 1.87 bits per heavy atom. The van der Waals surface area contributed by atoms with Gasteiger partial charge in [-0.15, -0.1) is 0 Å². The maximum atomic E-state index is 13.0. The van der Waals surface area contributed by atoms with E-state index >= 15 is 0 Å². The maximum absolute atomic E-state index is 13.0. The average Bonchev–Trinajstić information content (AvgIpc) is 3.09. The van der Waals surface area contributed by atoms with Crippen LogP contribution in [-0.2, 0) is 21.2 Å². The van der Waals surface area contributed by atoms with Crippen molar-refractivity contribution in [3.8, 4) is 11.5 Å². The van der Waals surface area contributed by atoms with E-state index in [2.05, 4.69) is 0 Å². The highest BCUT2D eigenvalue weighted by atomic mass is 32.2. The van der Waals surface area contributed by atoms with Crippen molar-refractivity contribution in [1.29, 1.82) is 0 Å². The number of aryl methyl sites for hydroxylation is 1. The van der Waals surface area contributed by atoms with E-state index in [4.69, 9.17) is 9.47 Å². The molecular formula is C23H29NO5S. The first-order chi connectivity index (χ1) is 14.4. The molecule has 7 heteroatoms. The largest absolute Gasteiger partial charge is 0.494 e. The van der Waals surface area contributed by atoms with Gasteiger partial charge in [0.05, 0.1) is 18.1 Å². The summed E-state index contributed by atoms with van der Waals surface area (Å²) in [5.41, 5.74) is 1.97. The van der Waals surface area contributed by atoms with E-state index < -0.39 is 9.84 Å². The van der Waals surface area contributed by atoms with E-state index in [0.717, 1.165) is 23.3 Å². The minimum atomic E-state index is -3.11. The van der Waals surface area contributed by atoms with E-state index in [0.29, 0.717) is 25.3 Å². The number of hydrogen-bond acceptors (Lipinski definition) is 5. The van der Waals surface area contributed by atoms with Crippen molar-refractivity contribution >= 4 is 15.7 Å². The summed E-state index contributed by atoms with van der Waals surface area (Å²) in [4.78, 5) is 14.6. The molecule has 1 amide bonds. The summed E-state index contributed by atoms with van der Waals surface area (Å²) in [7, 11) is -3.11. The lowest BCUT2D eigenvalue weighted by Gasteiger charge is -2.28. The van der Waals surface area contributed by atoms with Gasteiger partial charge in [0.25, 0.3) is 5.91 Å².